The molecule has 0 unspecified atom stereocenters. The Kier molecular flexibility index (Phi) is 5.65. The van der Waals surface area contributed by atoms with Gasteiger partial charge in [-0.3, -0.25) is 4.90 Å². The Morgan fingerprint density at radius 2 is 1.76 bits per heavy atom. The molecular formula is C17H25ClN2O. The maximum atomic E-state index is 11.4. The van der Waals surface area contributed by atoms with Crippen LogP contribution < -0.4 is 4.90 Å². The number of hydrogen-bond acceptors (Lipinski definition) is 3. The number of benzene rings is 1. The first kappa shape index (κ1) is 16.3. The minimum Gasteiger partial charge on any atom is -0.368 e. The van der Waals surface area contributed by atoms with Crippen LogP contribution in [0.15, 0.2) is 24.3 Å². The summed E-state index contributed by atoms with van der Waals surface area (Å²) in [5.74, 6) is 0. The Balaban J connectivity index is 1.95. The molecule has 1 aromatic carbocycles. The molecule has 4 heteroatoms. The zero-order valence-electron chi connectivity index (χ0n) is 13.0. The molecular weight excluding hydrogens is 284 g/mol. The van der Waals surface area contributed by atoms with E-state index in [9.17, 15) is 4.79 Å². The van der Waals surface area contributed by atoms with Crippen molar-refractivity contribution in [1.29, 1.82) is 0 Å². The molecule has 1 fully saturated rings. The minimum atomic E-state index is -0.174. The van der Waals surface area contributed by atoms with Gasteiger partial charge in [0.1, 0.15) is 6.29 Å². The van der Waals surface area contributed by atoms with Crippen molar-refractivity contribution in [3.8, 4) is 0 Å². The number of piperazine rings is 1. The molecule has 0 amide bonds. The third-order valence-corrected chi connectivity index (χ3v) is 5.08. The summed E-state index contributed by atoms with van der Waals surface area (Å²) < 4.78 is 0. The van der Waals surface area contributed by atoms with Gasteiger partial charge in [-0.25, -0.2) is 0 Å². The summed E-state index contributed by atoms with van der Waals surface area (Å²) in [6.45, 7) is 9.00. The molecule has 1 aromatic rings. The van der Waals surface area contributed by atoms with Crippen LogP contribution in [0, 0.1) is 5.41 Å². The van der Waals surface area contributed by atoms with Crippen molar-refractivity contribution in [2.45, 2.75) is 26.7 Å². The molecule has 0 bridgehead atoms. The summed E-state index contributed by atoms with van der Waals surface area (Å²) in [5, 5.41) is 0.815. The molecule has 2 rings (SSSR count). The van der Waals surface area contributed by atoms with Crippen molar-refractivity contribution in [3.05, 3.63) is 29.3 Å². The molecule has 0 aromatic heterocycles. The van der Waals surface area contributed by atoms with Crippen LogP contribution in [-0.2, 0) is 4.79 Å². The highest BCUT2D eigenvalue weighted by Crippen LogP contribution is 2.28. The first-order valence-electron chi connectivity index (χ1n) is 7.82. The summed E-state index contributed by atoms with van der Waals surface area (Å²) in [6.07, 6.45) is 2.99. The van der Waals surface area contributed by atoms with Gasteiger partial charge in [0.15, 0.2) is 0 Å². The van der Waals surface area contributed by atoms with Crippen molar-refractivity contribution >= 4 is 23.6 Å². The highest BCUT2D eigenvalue weighted by atomic mass is 35.5. The fourth-order valence-electron chi connectivity index (χ4n) is 2.98. The van der Waals surface area contributed by atoms with Crippen molar-refractivity contribution < 1.29 is 4.79 Å². The summed E-state index contributed by atoms with van der Waals surface area (Å²) in [5.41, 5.74) is 0.943. The SMILES string of the molecule is CCC(C=O)(CC)CN1CCN(c2ccccc2Cl)CC1. The van der Waals surface area contributed by atoms with Gasteiger partial charge >= 0.3 is 0 Å². The Labute approximate surface area is 132 Å². The molecule has 1 heterocycles. The van der Waals surface area contributed by atoms with Crippen molar-refractivity contribution in [1.82, 2.24) is 4.90 Å². The van der Waals surface area contributed by atoms with Crippen LogP contribution in [0.2, 0.25) is 5.02 Å². The lowest BCUT2D eigenvalue weighted by Gasteiger charge is -2.40. The number of hydrogen-bond donors (Lipinski definition) is 0. The van der Waals surface area contributed by atoms with Crippen LogP contribution in [0.5, 0.6) is 0 Å². The Morgan fingerprint density at radius 3 is 2.29 bits per heavy atom. The van der Waals surface area contributed by atoms with Crippen LogP contribution in [0.1, 0.15) is 26.7 Å². The highest BCUT2D eigenvalue weighted by Gasteiger charge is 2.30. The van der Waals surface area contributed by atoms with Gasteiger partial charge in [0, 0.05) is 38.1 Å². The van der Waals surface area contributed by atoms with E-state index in [0.717, 1.165) is 62.6 Å². The molecule has 0 atom stereocenters. The molecule has 0 aliphatic carbocycles. The summed E-state index contributed by atoms with van der Waals surface area (Å²) in [4.78, 5) is 16.2. The van der Waals surface area contributed by atoms with E-state index in [0.29, 0.717) is 0 Å². The Bertz CT molecular complexity index is 466. The van der Waals surface area contributed by atoms with Crippen molar-refractivity contribution in [2.24, 2.45) is 5.41 Å². The van der Waals surface area contributed by atoms with Gasteiger partial charge in [-0.05, 0) is 25.0 Å². The normalized spacial score (nSPS) is 17.0. The van der Waals surface area contributed by atoms with Gasteiger partial charge in [0.25, 0.3) is 0 Å². The first-order valence-corrected chi connectivity index (χ1v) is 8.20. The number of nitrogens with zero attached hydrogens (tertiary/aromatic N) is 2. The third kappa shape index (κ3) is 3.78. The van der Waals surface area contributed by atoms with Crippen LogP contribution in [0.25, 0.3) is 0 Å². The monoisotopic (exact) mass is 308 g/mol. The molecule has 1 aliphatic heterocycles. The van der Waals surface area contributed by atoms with Gasteiger partial charge in [0.2, 0.25) is 0 Å². The highest BCUT2D eigenvalue weighted by molar-refractivity contribution is 6.33. The lowest BCUT2D eigenvalue weighted by molar-refractivity contribution is -0.117. The zero-order valence-corrected chi connectivity index (χ0v) is 13.8. The summed E-state index contributed by atoms with van der Waals surface area (Å²) in [6, 6.07) is 8.00. The molecule has 3 nitrogen and oxygen atoms in total. The second-order valence-electron chi connectivity index (χ2n) is 5.90. The second kappa shape index (κ2) is 7.28. The van der Waals surface area contributed by atoms with Gasteiger partial charge in [0.05, 0.1) is 10.7 Å². The van der Waals surface area contributed by atoms with E-state index in [-0.39, 0.29) is 5.41 Å². The first-order chi connectivity index (χ1) is 10.1. The van der Waals surface area contributed by atoms with Crippen LogP contribution in [-0.4, -0.2) is 43.9 Å². The quantitative estimate of drug-likeness (QED) is 0.752. The van der Waals surface area contributed by atoms with E-state index in [1.807, 2.05) is 18.2 Å². The van der Waals surface area contributed by atoms with Gasteiger partial charge in [-0.1, -0.05) is 37.6 Å². The minimum absolute atomic E-state index is 0.174. The molecule has 21 heavy (non-hydrogen) atoms. The Hall–Kier alpha value is -1.06. The van der Waals surface area contributed by atoms with Crippen LogP contribution in [0.4, 0.5) is 5.69 Å². The standard InChI is InChI=1S/C17H25ClN2O/c1-3-17(4-2,14-21)13-19-9-11-20(12-10-19)16-8-6-5-7-15(16)18/h5-8,14H,3-4,9-13H2,1-2H3. The number of carbonyl (C=O) groups excluding carboxylic acids is 1. The molecule has 0 radical (unpaired) electrons. The molecule has 0 N–H and O–H groups in total. The summed E-state index contributed by atoms with van der Waals surface area (Å²) in [7, 11) is 0. The van der Waals surface area contributed by atoms with E-state index in [2.05, 4.69) is 29.7 Å². The van der Waals surface area contributed by atoms with Gasteiger partial charge in [-0.2, -0.15) is 0 Å². The fourth-order valence-corrected chi connectivity index (χ4v) is 3.23. The van der Waals surface area contributed by atoms with Gasteiger partial charge in [-0.15, -0.1) is 0 Å². The Morgan fingerprint density at radius 1 is 1.14 bits per heavy atom. The lowest BCUT2D eigenvalue weighted by atomic mass is 9.83. The topological polar surface area (TPSA) is 23.6 Å². The number of rotatable bonds is 6. The fraction of sp³-hybridized carbons (Fsp3) is 0.588. The molecule has 1 aliphatic rings. The predicted molar refractivity (Wildman–Crippen MR) is 89.2 cm³/mol. The smallest absolute Gasteiger partial charge is 0.127 e. The number of anilines is 1. The molecule has 1 saturated heterocycles. The van der Waals surface area contributed by atoms with Crippen molar-refractivity contribution in [3.63, 3.8) is 0 Å². The molecule has 0 spiro atoms. The third-order valence-electron chi connectivity index (χ3n) is 4.76. The maximum Gasteiger partial charge on any atom is 0.127 e. The second-order valence-corrected chi connectivity index (χ2v) is 6.31. The average molecular weight is 309 g/mol. The summed E-state index contributed by atoms with van der Waals surface area (Å²) >= 11 is 6.27. The number of carbonyl (C=O) groups is 1. The molecule has 116 valence electrons. The van der Waals surface area contributed by atoms with E-state index in [1.165, 1.54) is 0 Å². The zero-order chi connectivity index (χ0) is 15.3. The lowest BCUT2D eigenvalue weighted by Crippen LogP contribution is -2.50. The maximum absolute atomic E-state index is 11.4. The van der Waals surface area contributed by atoms with Gasteiger partial charge < -0.3 is 9.69 Å². The number of aldehydes is 1. The largest absolute Gasteiger partial charge is 0.368 e. The van der Waals surface area contributed by atoms with E-state index in [4.69, 9.17) is 11.6 Å². The van der Waals surface area contributed by atoms with Crippen molar-refractivity contribution in [2.75, 3.05) is 37.6 Å². The van der Waals surface area contributed by atoms with Crippen LogP contribution in [0.3, 0.4) is 0 Å². The number of para-hydroxylation sites is 1. The number of halogens is 1. The average Bonchev–Trinajstić information content (AvgIpc) is 2.54. The molecule has 0 saturated carbocycles. The van der Waals surface area contributed by atoms with Crippen LogP contribution >= 0.6 is 11.6 Å². The van der Waals surface area contributed by atoms with E-state index in [1.54, 1.807) is 0 Å². The van der Waals surface area contributed by atoms with E-state index < -0.39 is 0 Å². The van der Waals surface area contributed by atoms with E-state index >= 15 is 0 Å². The predicted octanol–water partition coefficient (Wildman–Crippen LogP) is 3.47.